The number of benzene rings is 1. The highest BCUT2D eigenvalue weighted by Crippen LogP contribution is 2.27. The van der Waals surface area contributed by atoms with Crippen LogP contribution in [0.5, 0.6) is 11.5 Å². The van der Waals surface area contributed by atoms with Crippen molar-refractivity contribution in [3.05, 3.63) is 52.8 Å². The number of aliphatic hydroxyl groups excluding tert-OH is 1. The Bertz CT molecular complexity index is 529. The van der Waals surface area contributed by atoms with Crippen LogP contribution in [-0.4, -0.2) is 10.1 Å². The fraction of sp³-hybridized carbons (Fsp3) is 0.154. The average Bonchev–Trinajstić information content (AvgIpc) is 2.34. The molecule has 1 aromatic carbocycles. The first-order valence-electron chi connectivity index (χ1n) is 5.19. The second-order valence-electron chi connectivity index (χ2n) is 3.65. The van der Waals surface area contributed by atoms with Gasteiger partial charge in [-0.2, -0.15) is 0 Å². The lowest BCUT2D eigenvalue weighted by atomic mass is 10.2. The van der Waals surface area contributed by atoms with E-state index in [1.165, 1.54) is 0 Å². The van der Waals surface area contributed by atoms with Gasteiger partial charge in [0.25, 0.3) is 0 Å². The standard InChI is InChI=1S/C13H12ClNO2/c1-9-2-3-10(14)6-13(9)17-12-4-5-15-11(7-12)8-16/h2-7,16H,8H2,1H3. The van der Waals surface area contributed by atoms with Gasteiger partial charge in [0.1, 0.15) is 11.5 Å². The molecule has 17 heavy (non-hydrogen) atoms. The number of nitrogens with zero attached hydrogens (tertiary/aromatic N) is 1. The normalized spacial score (nSPS) is 10.3. The molecule has 88 valence electrons. The zero-order valence-corrected chi connectivity index (χ0v) is 10.1. The molecule has 2 rings (SSSR count). The Balaban J connectivity index is 2.27. The molecule has 3 nitrogen and oxygen atoms in total. The summed E-state index contributed by atoms with van der Waals surface area (Å²) in [5.41, 5.74) is 1.57. The predicted molar refractivity (Wildman–Crippen MR) is 66.4 cm³/mol. The predicted octanol–water partition coefficient (Wildman–Crippen LogP) is 3.33. The minimum Gasteiger partial charge on any atom is -0.457 e. The maximum absolute atomic E-state index is 8.99. The second kappa shape index (κ2) is 5.17. The molecule has 0 fully saturated rings. The van der Waals surface area contributed by atoms with Gasteiger partial charge in [-0.1, -0.05) is 17.7 Å². The number of hydrogen-bond donors (Lipinski definition) is 1. The Kier molecular flexibility index (Phi) is 3.61. The molecule has 0 unspecified atom stereocenters. The Morgan fingerprint density at radius 1 is 1.29 bits per heavy atom. The summed E-state index contributed by atoms with van der Waals surface area (Å²) in [5.74, 6) is 1.34. The summed E-state index contributed by atoms with van der Waals surface area (Å²) in [4.78, 5) is 3.98. The summed E-state index contributed by atoms with van der Waals surface area (Å²) in [6.07, 6.45) is 1.60. The van der Waals surface area contributed by atoms with E-state index < -0.39 is 0 Å². The van der Waals surface area contributed by atoms with Crippen LogP contribution >= 0.6 is 11.6 Å². The highest BCUT2D eigenvalue weighted by Gasteiger charge is 2.03. The van der Waals surface area contributed by atoms with Crippen LogP contribution in [-0.2, 0) is 6.61 Å². The number of rotatable bonds is 3. The first kappa shape index (κ1) is 11.9. The summed E-state index contributed by atoms with van der Waals surface area (Å²) in [6.45, 7) is 1.84. The summed E-state index contributed by atoms with van der Waals surface area (Å²) in [7, 11) is 0. The smallest absolute Gasteiger partial charge is 0.131 e. The molecular weight excluding hydrogens is 238 g/mol. The molecule has 0 bridgehead atoms. The van der Waals surface area contributed by atoms with Crippen molar-refractivity contribution in [1.82, 2.24) is 4.98 Å². The lowest BCUT2D eigenvalue weighted by Gasteiger charge is -2.09. The van der Waals surface area contributed by atoms with Gasteiger partial charge >= 0.3 is 0 Å². The van der Waals surface area contributed by atoms with Crippen LogP contribution in [0.4, 0.5) is 0 Å². The summed E-state index contributed by atoms with van der Waals surface area (Å²) in [5, 5.41) is 9.61. The lowest BCUT2D eigenvalue weighted by Crippen LogP contribution is -1.92. The van der Waals surface area contributed by atoms with Crippen LogP contribution in [0.3, 0.4) is 0 Å². The number of pyridine rings is 1. The van der Waals surface area contributed by atoms with Crippen LogP contribution in [0, 0.1) is 6.92 Å². The van der Waals surface area contributed by atoms with Gasteiger partial charge in [0.2, 0.25) is 0 Å². The molecule has 0 aliphatic carbocycles. The molecule has 1 N–H and O–H groups in total. The van der Waals surface area contributed by atoms with Gasteiger partial charge in [-0.25, -0.2) is 0 Å². The van der Waals surface area contributed by atoms with E-state index in [-0.39, 0.29) is 6.61 Å². The average molecular weight is 250 g/mol. The summed E-state index contributed by atoms with van der Waals surface area (Å²) < 4.78 is 5.70. The molecule has 1 aromatic heterocycles. The third kappa shape index (κ3) is 2.96. The van der Waals surface area contributed by atoms with Crippen molar-refractivity contribution in [2.75, 3.05) is 0 Å². The quantitative estimate of drug-likeness (QED) is 0.907. The SMILES string of the molecule is Cc1ccc(Cl)cc1Oc1ccnc(CO)c1. The van der Waals surface area contributed by atoms with Gasteiger partial charge in [0.05, 0.1) is 12.3 Å². The maximum Gasteiger partial charge on any atom is 0.131 e. The van der Waals surface area contributed by atoms with E-state index in [2.05, 4.69) is 4.98 Å². The van der Waals surface area contributed by atoms with Crippen molar-refractivity contribution < 1.29 is 9.84 Å². The van der Waals surface area contributed by atoms with Crippen LogP contribution in [0.25, 0.3) is 0 Å². The van der Waals surface area contributed by atoms with Gasteiger partial charge in [-0.3, -0.25) is 4.98 Å². The molecular formula is C13H12ClNO2. The van der Waals surface area contributed by atoms with Crippen molar-refractivity contribution >= 4 is 11.6 Å². The largest absolute Gasteiger partial charge is 0.457 e. The van der Waals surface area contributed by atoms with Crippen LogP contribution in [0.2, 0.25) is 5.02 Å². The minimum atomic E-state index is -0.105. The van der Waals surface area contributed by atoms with Gasteiger partial charge in [-0.15, -0.1) is 0 Å². The molecule has 0 spiro atoms. The molecule has 0 atom stereocenters. The third-order valence-electron chi connectivity index (χ3n) is 2.33. The van der Waals surface area contributed by atoms with Crippen molar-refractivity contribution in [3.8, 4) is 11.5 Å². The maximum atomic E-state index is 8.99. The van der Waals surface area contributed by atoms with E-state index in [1.54, 1.807) is 24.4 Å². The number of ether oxygens (including phenoxy) is 1. The zero-order chi connectivity index (χ0) is 12.3. The number of aryl methyl sites for hydroxylation is 1. The Morgan fingerprint density at radius 3 is 2.88 bits per heavy atom. The van der Waals surface area contributed by atoms with Crippen LogP contribution < -0.4 is 4.74 Å². The molecule has 0 saturated heterocycles. The van der Waals surface area contributed by atoms with Crippen molar-refractivity contribution in [3.63, 3.8) is 0 Å². The van der Waals surface area contributed by atoms with Crippen LogP contribution in [0.15, 0.2) is 36.5 Å². The summed E-state index contributed by atoms with van der Waals surface area (Å²) >= 11 is 5.91. The first-order valence-corrected chi connectivity index (χ1v) is 5.56. The fourth-order valence-electron chi connectivity index (χ4n) is 1.42. The van der Waals surface area contributed by atoms with Crippen molar-refractivity contribution in [2.45, 2.75) is 13.5 Å². The molecule has 0 radical (unpaired) electrons. The van der Waals surface area contributed by atoms with Crippen molar-refractivity contribution in [2.24, 2.45) is 0 Å². The molecule has 0 amide bonds. The van der Waals surface area contributed by atoms with E-state index in [0.29, 0.717) is 22.2 Å². The first-order chi connectivity index (χ1) is 8.19. The molecule has 2 aromatic rings. The van der Waals surface area contributed by atoms with E-state index in [0.717, 1.165) is 5.56 Å². The van der Waals surface area contributed by atoms with E-state index in [9.17, 15) is 0 Å². The zero-order valence-electron chi connectivity index (χ0n) is 9.35. The fourth-order valence-corrected chi connectivity index (χ4v) is 1.58. The number of aromatic nitrogens is 1. The van der Waals surface area contributed by atoms with Gasteiger partial charge in [-0.05, 0) is 30.7 Å². The van der Waals surface area contributed by atoms with E-state index in [1.807, 2.05) is 19.1 Å². The molecule has 0 aliphatic rings. The monoisotopic (exact) mass is 249 g/mol. The highest BCUT2D eigenvalue weighted by molar-refractivity contribution is 6.30. The van der Waals surface area contributed by atoms with Crippen LogP contribution in [0.1, 0.15) is 11.3 Å². The Labute approximate surface area is 105 Å². The molecule has 0 aliphatic heterocycles. The van der Waals surface area contributed by atoms with E-state index >= 15 is 0 Å². The number of hydrogen-bond acceptors (Lipinski definition) is 3. The highest BCUT2D eigenvalue weighted by atomic mass is 35.5. The Morgan fingerprint density at radius 2 is 2.12 bits per heavy atom. The van der Waals surface area contributed by atoms with Gasteiger partial charge < -0.3 is 9.84 Å². The number of halogens is 1. The Hall–Kier alpha value is -1.58. The topological polar surface area (TPSA) is 42.4 Å². The van der Waals surface area contributed by atoms with Crippen molar-refractivity contribution in [1.29, 1.82) is 0 Å². The van der Waals surface area contributed by atoms with Gasteiger partial charge in [0, 0.05) is 17.3 Å². The second-order valence-corrected chi connectivity index (χ2v) is 4.09. The molecule has 1 heterocycles. The molecule has 4 heteroatoms. The molecule has 0 saturated carbocycles. The van der Waals surface area contributed by atoms with E-state index in [4.69, 9.17) is 21.4 Å². The third-order valence-corrected chi connectivity index (χ3v) is 2.56. The summed E-state index contributed by atoms with van der Waals surface area (Å²) in [6, 6.07) is 8.90. The number of aliphatic hydroxyl groups is 1. The lowest BCUT2D eigenvalue weighted by molar-refractivity contribution is 0.276. The minimum absolute atomic E-state index is 0.105. The van der Waals surface area contributed by atoms with Gasteiger partial charge in [0.15, 0.2) is 0 Å².